The van der Waals surface area contributed by atoms with Crippen molar-refractivity contribution >= 4 is 17.9 Å². The van der Waals surface area contributed by atoms with Gasteiger partial charge in [0, 0.05) is 19.3 Å². The van der Waals surface area contributed by atoms with Gasteiger partial charge >= 0.3 is 17.9 Å². The van der Waals surface area contributed by atoms with E-state index in [1.165, 1.54) is 154 Å². The second kappa shape index (κ2) is 42.5. The molecule has 0 radical (unpaired) electrons. The van der Waals surface area contributed by atoms with Crippen LogP contribution in [-0.4, -0.2) is 37.2 Å². The molecule has 0 aromatic rings. The highest BCUT2D eigenvalue weighted by Crippen LogP contribution is 2.18. The third-order valence-corrected chi connectivity index (χ3v) is 11.8. The van der Waals surface area contributed by atoms with Gasteiger partial charge in [0.25, 0.3) is 0 Å². The summed E-state index contributed by atoms with van der Waals surface area (Å²) in [5.74, 6) is 1.63. The van der Waals surface area contributed by atoms with Crippen molar-refractivity contribution in [1.82, 2.24) is 0 Å². The predicted molar refractivity (Wildman–Crippen MR) is 243 cm³/mol. The fourth-order valence-electron chi connectivity index (χ4n) is 7.55. The third-order valence-electron chi connectivity index (χ3n) is 11.8. The number of unbranched alkanes of at least 4 members (excludes halogenated alkanes) is 26. The molecule has 6 nitrogen and oxygen atoms in total. The maximum Gasteiger partial charge on any atom is 0.306 e. The van der Waals surface area contributed by atoms with E-state index in [1.807, 2.05) is 0 Å². The van der Waals surface area contributed by atoms with E-state index in [0.717, 1.165) is 75.5 Å². The van der Waals surface area contributed by atoms with E-state index in [-0.39, 0.29) is 31.1 Å². The van der Waals surface area contributed by atoms with E-state index in [1.54, 1.807) is 0 Å². The van der Waals surface area contributed by atoms with E-state index < -0.39 is 6.10 Å². The molecule has 0 fully saturated rings. The number of hydrogen-bond donors (Lipinski definition) is 0. The molecule has 0 aromatic heterocycles. The molecule has 0 amide bonds. The van der Waals surface area contributed by atoms with Crippen molar-refractivity contribution in [3.8, 4) is 0 Å². The molecule has 0 rings (SSSR count). The van der Waals surface area contributed by atoms with Gasteiger partial charge in [-0.1, -0.05) is 234 Å². The quantitative estimate of drug-likeness (QED) is 0.0347. The number of rotatable bonds is 44. The second-order valence-corrected chi connectivity index (χ2v) is 18.6. The molecule has 0 bridgehead atoms. The Morgan fingerprint density at radius 2 is 0.614 bits per heavy atom. The van der Waals surface area contributed by atoms with E-state index in [4.69, 9.17) is 14.2 Å². The van der Waals surface area contributed by atoms with Crippen molar-refractivity contribution in [2.45, 2.75) is 279 Å². The Hall–Kier alpha value is -1.59. The predicted octanol–water partition coefficient (Wildman–Crippen LogP) is 16.0. The molecule has 2 atom stereocenters. The van der Waals surface area contributed by atoms with Crippen LogP contribution >= 0.6 is 0 Å². The summed E-state index contributed by atoms with van der Waals surface area (Å²) in [6.45, 7) is 13.7. The maximum absolute atomic E-state index is 12.8. The molecule has 0 N–H and O–H groups in total. The fraction of sp³-hybridized carbons (Fsp3) is 0.941. The molecule has 0 saturated heterocycles. The van der Waals surface area contributed by atoms with E-state index in [2.05, 4.69) is 41.5 Å². The highest BCUT2D eigenvalue weighted by molar-refractivity contribution is 5.71. The van der Waals surface area contributed by atoms with Gasteiger partial charge < -0.3 is 14.2 Å². The Balaban J connectivity index is 4.34. The minimum atomic E-state index is -0.763. The summed E-state index contributed by atoms with van der Waals surface area (Å²) in [5.41, 5.74) is 0. The van der Waals surface area contributed by atoms with Crippen molar-refractivity contribution in [3.05, 3.63) is 0 Å². The molecule has 6 heteroatoms. The SMILES string of the molecule is CCC(C)CCCCCCCCCCC(=O)OC[C@H](COC(=O)CCCCCCCCCCCCC(C)C)OC(=O)CCCCCCCCCCCCCC(C)C. The Morgan fingerprint density at radius 1 is 0.351 bits per heavy atom. The third kappa shape index (κ3) is 43.8. The van der Waals surface area contributed by atoms with Crippen LogP contribution in [0.5, 0.6) is 0 Å². The summed E-state index contributed by atoms with van der Waals surface area (Å²) in [4.78, 5) is 37.9. The van der Waals surface area contributed by atoms with Gasteiger partial charge in [0.15, 0.2) is 6.10 Å². The van der Waals surface area contributed by atoms with Crippen LogP contribution in [0.4, 0.5) is 0 Å². The average Bonchev–Trinajstić information content (AvgIpc) is 3.18. The first-order valence-electron chi connectivity index (χ1n) is 25.1. The highest BCUT2D eigenvalue weighted by atomic mass is 16.6. The lowest BCUT2D eigenvalue weighted by atomic mass is 9.99. The summed E-state index contributed by atoms with van der Waals surface area (Å²) in [7, 11) is 0. The first-order chi connectivity index (χ1) is 27.6. The largest absolute Gasteiger partial charge is 0.462 e. The monoisotopic (exact) mass is 807 g/mol. The fourth-order valence-corrected chi connectivity index (χ4v) is 7.55. The maximum atomic E-state index is 12.8. The molecule has 0 spiro atoms. The first-order valence-corrected chi connectivity index (χ1v) is 25.1. The van der Waals surface area contributed by atoms with Crippen LogP contribution in [0, 0.1) is 17.8 Å². The summed E-state index contributed by atoms with van der Waals surface area (Å²) in [5, 5.41) is 0. The molecular weight excluding hydrogens is 709 g/mol. The van der Waals surface area contributed by atoms with Crippen LogP contribution in [0.25, 0.3) is 0 Å². The van der Waals surface area contributed by atoms with Gasteiger partial charge in [0.1, 0.15) is 13.2 Å². The van der Waals surface area contributed by atoms with Crippen LogP contribution < -0.4 is 0 Å². The molecule has 0 heterocycles. The van der Waals surface area contributed by atoms with Crippen molar-refractivity contribution < 1.29 is 28.6 Å². The number of carbonyl (C=O) groups excluding carboxylic acids is 3. The molecule has 338 valence electrons. The van der Waals surface area contributed by atoms with Crippen LogP contribution in [0.2, 0.25) is 0 Å². The molecular formula is C51H98O6. The average molecular weight is 807 g/mol. The molecule has 57 heavy (non-hydrogen) atoms. The van der Waals surface area contributed by atoms with Crippen LogP contribution in [-0.2, 0) is 28.6 Å². The van der Waals surface area contributed by atoms with Gasteiger partial charge in [-0.25, -0.2) is 0 Å². The molecule has 0 aliphatic heterocycles. The van der Waals surface area contributed by atoms with E-state index >= 15 is 0 Å². The van der Waals surface area contributed by atoms with Crippen molar-refractivity contribution in [1.29, 1.82) is 0 Å². The molecule has 0 aliphatic carbocycles. The Kier molecular flexibility index (Phi) is 41.3. The number of carbonyl (C=O) groups is 3. The lowest BCUT2D eigenvalue weighted by Gasteiger charge is -2.18. The number of esters is 3. The number of ether oxygens (including phenoxy) is 3. The van der Waals surface area contributed by atoms with Crippen LogP contribution in [0.1, 0.15) is 273 Å². The Bertz CT molecular complexity index is 885. The zero-order valence-corrected chi connectivity index (χ0v) is 39.1. The Labute approximate surface area is 355 Å². The van der Waals surface area contributed by atoms with E-state index in [0.29, 0.717) is 19.3 Å². The summed E-state index contributed by atoms with van der Waals surface area (Å²) in [6, 6.07) is 0. The molecule has 0 aromatic carbocycles. The zero-order valence-electron chi connectivity index (χ0n) is 39.1. The van der Waals surface area contributed by atoms with Gasteiger partial charge in [-0.3, -0.25) is 14.4 Å². The minimum absolute atomic E-state index is 0.0654. The van der Waals surface area contributed by atoms with Gasteiger partial charge in [-0.15, -0.1) is 0 Å². The van der Waals surface area contributed by atoms with Gasteiger partial charge in [0.2, 0.25) is 0 Å². The summed E-state index contributed by atoms with van der Waals surface area (Å²) < 4.78 is 16.8. The highest BCUT2D eigenvalue weighted by Gasteiger charge is 2.19. The lowest BCUT2D eigenvalue weighted by Crippen LogP contribution is -2.30. The van der Waals surface area contributed by atoms with Gasteiger partial charge in [0.05, 0.1) is 0 Å². The van der Waals surface area contributed by atoms with Crippen molar-refractivity contribution in [3.63, 3.8) is 0 Å². The Morgan fingerprint density at radius 3 is 0.912 bits per heavy atom. The standard InChI is InChI=1S/C51H98O6/c1-7-47(6)39-33-27-21-17-18-23-29-35-41-50(53)56-44-48(43-55-49(52)40-34-28-22-15-12-11-14-20-26-32-38-46(4)5)57-51(54)42-36-30-24-16-10-8-9-13-19-25-31-37-45(2)3/h45-48H,7-44H2,1-6H3/t47?,48-/m0/s1. The van der Waals surface area contributed by atoms with Gasteiger partial charge in [-0.2, -0.15) is 0 Å². The first kappa shape index (κ1) is 55.4. The van der Waals surface area contributed by atoms with Crippen LogP contribution in [0.15, 0.2) is 0 Å². The molecule has 0 saturated carbocycles. The van der Waals surface area contributed by atoms with E-state index in [9.17, 15) is 14.4 Å². The summed E-state index contributed by atoms with van der Waals surface area (Å²) >= 11 is 0. The lowest BCUT2D eigenvalue weighted by molar-refractivity contribution is -0.167. The van der Waals surface area contributed by atoms with Crippen LogP contribution in [0.3, 0.4) is 0 Å². The smallest absolute Gasteiger partial charge is 0.306 e. The normalized spacial score (nSPS) is 12.6. The number of hydrogen-bond acceptors (Lipinski definition) is 6. The van der Waals surface area contributed by atoms with Crippen molar-refractivity contribution in [2.75, 3.05) is 13.2 Å². The zero-order chi connectivity index (χ0) is 42.0. The molecule has 1 unspecified atom stereocenters. The topological polar surface area (TPSA) is 78.9 Å². The molecule has 0 aliphatic rings. The minimum Gasteiger partial charge on any atom is -0.462 e. The van der Waals surface area contributed by atoms with Gasteiger partial charge in [-0.05, 0) is 37.0 Å². The second-order valence-electron chi connectivity index (χ2n) is 18.6. The summed E-state index contributed by atoms with van der Waals surface area (Å²) in [6.07, 6.45) is 40.8. The van der Waals surface area contributed by atoms with Crippen molar-refractivity contribution in [2.24, 2.45) is 17.8 Å².